The van der Waals surface area contributed by atoms with Crippen molar-refractivity contribution in [2.24, 2.45) is 5.41 Å². The van der Waals surface area contributed by atoms with Crippen LogP contribution < -0.4 is 5.32 Å². The maximum absolute atomic E-state index is 12.5. The van der Waals surface area contributed by atoms with Gasteiger partial charge in [-0.1, -0.05) is 12.8 Å². The normalized spacial score (nSPS) is 29.5. The Morgan fingerprint density at radius 2 is 1.76 bits per heavy atom. The van der Waals surface area contributed by atoms with Crippen LogP contribution in [-0.2, 0) is 9.59 Å². The Morgan fingerprint density at radius 1 is 1.12 bits per heavy atom. The summed E-state index contributed by atoms with van der Waals surface area (Å²) < 4.78 is 0. The number of carbonyl (C=O) groups is 2. The summed E-state index contributed by atoms with van der Waals surface area (Å²) in [6.07, 6.45) is 6.41. The van der Waals surface area contributed by atoms with E-state index in [2.05, 4.69) is 5.32 Å². The van der Waals surface area contributed by atoms with Gasteiger partial charge in [-0.05, 0) is 38.8 Å². The lowest BCUT2D eigenvalue weighted by Gasteiger charge is -2.31. The summed E-state index contributed by atoms with van der Waals surface area (Å²) in [5.41, 5.74) is -0.290. The molecule has 2 saturated heterocycles. The third-order valence-corrected chi connectivity index (χ3v) is 4.67. The van der Waals surface area contributed by atoms with Crippen LogP contribution in [0.15, 0.2) is 0 Å². The third kappa shape index (κ3) is 1.69. The molecule has 1 saturated carbocycles. The molecule has 2 aliphatic heterocycles. The second kappa shape index (κ2) is 4.09. The maximum Gasteiger partial charge on any atom is 0.236 e. The van der Waals surface area contributed by atoms with Crippen molar-refractivity contribution in [3.63, 3.8) is 0 Å². The summed E-state index contributed by atoms with van der Waals surface area (Å²) in [4.78, 5) is 26.3. The quantitative estimate of drug-likeness (QED) is 0.693. The molecule has 1 spiro atoms. The van der Waals surface area contributed by atoms with Gasteiger partial charge in [0.25, 0.3) is 0 Å². The largest absolute Gasteiger partial charge is 0.317 e. The van der Waals surface area contributed by atoms with Crippen LogP contribution in [0, 0.1) is 5.41 Å². The zero-order chi connectivity index (χ0) is 11.9. The zero-order valence-corrected chi connectivity index (χ0v) is 10.2. The number of rotatable bonds is 1. The molecule has 3 aliphatic rings. The van der Waals surface area contributed by atoms with Crippen LogP contribution >= 0.6 is 0 Å². The molecule has 1 aliphatic carbocycles. The van der Waals surface area contributed by atoms with Crippen molar-refractivity contribution in [3.8, 4) is 0 Å². The highest BCUT2D eigenvalue weighted by Gasteiger charge is 2.54. The minimum absolute atomic E-state index is 0.0869. The van der Waals surface area contributed by atoms with Crippen LogP contribution in [0.5, 0.6) is 0 Å². The van der Waals surface area contributed by atoms with Crippen molar-refractivity contribution >= 4 is 11.8 Å². The Labute approximate surface area is 102 Å². The third-order valence-electron chi connectivity index (χ3n) is 4.67. The molecule has 3 rings (SSSR count). The first kappa shape index (κ1) is 11.2. The lowest BCUT2D eigenvalue weighted by Crippen LogP contribution is -2.47. The minimum atomic E-state index is -0.290. The smallest absolute Gasteiger partial charge is 0.236 e. The van der Waals surface area contributed by atoms with Gasteiger partial charge >= 0.3 is 0 Å². The van der Waals surface area contributed by atoms with Crippen molar-refractivity contribution < 1.29 is 9.59 Å². The molecule has 2 amide bonds. The number of imide groups is 1. The SMILES string of the molecule is O=C1CC2(CCCC2)C(=O)N1C1CCNCC1. The molecule has 4 heteroatoms. The molecule has 0 unspecified atom stereocenters. The summed E-state index contributed by atoms with van der Waals surface area (Å²) in [5.74, 6) is 0.232. The first-order valence-electron chi connectivity index (χ1n) is 6.80. The molecule has 1 N–H and O–H groups in total. The molecule has 17 heavy (non-hydrogen) atoms. The van der Waals surface area contributed by atoms with Gasteiger partial charge in [-0.3, -0.25) is 14.5 Å². The van der Waals surface area contributed by atoms with Gasteiger partial charge in [-0.2, -0.15) is 0 Å². The van der Waals surface area contributed by atoms with Gasteiger partial charge in [0.05, 0.1) is 5.41 Å². The van der Waals surface area contributed by atoms with Gasteiger partial charge in [0.15, 0.2) is 0 Å². The van der Waals surface area contributed by atoms with E-state index in [1.807, 2.05) is 0 Å². The predicted octanol–water partition coefficient (Wildman–Crippen LogP) is 1.06. The van der Waals surface area contributed by atoms with Crippen LogP contribution in [0.4, 0.5) is 0 Å². The number of piperidine rings is 1. The van der Waals surface area contributed by atoms with Gasteiger partial charge in [-0.15, -0.1) is 0 Å². The highest BCUT2D eigenvalue weighted by molar-refractivity contribution is 6.06. The molecule has 0 aromatic rings. The molecule has 0 radical (unpaired) electrons. The number of carbonyl (C=O) groups excluding carboxylic acids is 2. The fourth-order valence-electron chi connectivity index (χ4n) is 3.70. The standard InChI is InChI=1S/C13H20N2O2/c16-11-9-13(5-1-2-6-13)12(17)15(11)10-3-7-14-8-4-10/h10,14H,1-9H2. The number of hydrogen-bond donors (Lipinski definition) is 1. The lowest BCUT2D eigenvalue weighted by molar-refractivity contribution is -0.144. The van der Waals surface area contributed by atoms with Crippen molar-refractivity contribution in [1.82, 2.24) is 10.2 Å². The van der Waals surface area contributed by atoms with E-state index in [-0.39, 0.29) is 23.3 Å². The molecule has 0 atom stereocenters. The Balaban J connectivity index is 1.80. The molecule has 0 aromatic heterocycles. The van der Waals surface area contributed by atoms with Gasteiger partial charge < -0.3 is 5.32 Å². The topological polar surface area (TPSA) is 49.4 Å². The summed E-state index contributed by atoms with van der Waals surface area (Å²) >= 11 is 0. The van der Waals surface area contributed by atoms with E-state index in [4.69, 9.17) is 0 Å². The number of nitrogens with zero attached hydrogens (tertiary/aromatic N) is 1. The summed E-state index contributed by atoms with van der Waals surface area (Å²) in [6, 6.07) is 0.163. The fourth-order valence-corrected chi connectivity index (χ4v) is 3.70. The average Bonchev–Trinajstić information content (AvgIpc) is 2.88. The predicted molar refractivity (Wildman–Crippen MR) is 63.3 cm³/mol. The monoisotopic (exact) mass is 236 g/mol. The molecule has 0 aromatic carbocycles. The van der Waals surface area contributed by atoms with E-state index in [0.717, 1.165) is 51.6 Å². The van der Waals surface area contributed by atoms with Crippen molar-refractivity contribution in [3.05, 3.63) is 0 Å². The van der Waals surface area contributed by atoms with Gasteiger partial charge in [-0.25, -0.2) is 0 Å². The molecular formula is C13H20N2O2. The molecule has 4 nitrogen and oxygen atoms in total. The zero-order valence-electron chi connectivity index (χ0n) is 10.2. The Bertz CT molecular complexity index is 341. The average molecular weight is 236 g/mol. The minimum Gasteiger partial charge on any atom is -0.317 e. The summed E-state index contributed by atoms with van der Waals surface area (Å²) in [7, 11) is 0. The van der Waals surface area contributed by atoms with Crippen LogP contribution in [0.25, 0.3) is 0 Å². The van der Waals surface area contributed by atoms with E-state index in [1.54, 1.807) is 4.90 Å². The number of hydrogen-bond acceptors (Lipinski definition) is 3. The Kier molecular flexibility index (Phi) is 2.69. The molecule has 3 fully saturated rings. The van der Waals surface area contributed by atoms with Crippen LogP contribution in [0.2, 0.25) is 0 Å². The number of amides is 2. The van der Waals surface area contributed by atoms with Crippen LogP contribution in [0.3, 0.4) is 0 Å². The van der Waals surface area contributed by atoms with E-state index >= 15 is 0 Å². The molecule has 94 valence electrons. The van der Waals surface area contributed by atoms with Crippen LogP contribution in [0.1, 0.15) is 44.9 Å². The second-order valence-electron chi connectivity index (χ2n) is 5.71. The van der Waals surface area contributed by atoms with Gasteiger partial charge in [0, 0.05) is 12.5 Å². The van der Waals surface area contributed by atoms with E-state index < -0.39 is 0 Å². The number of likely N-dealkylation sites (tertiary alicyclic amines) is 1. The first-order valence-corrected chi connectivity index (χ1v) is 6.80. The molecule has 2 heterocycles. The van der Waals surface area contributed by atoms with Crippen molar-refractivity contribution in [2.45, 2.75) is 51.0 Å². The lowest BCUT2D eigenvalue weighted by atomic mass is 9.84. The van der Waals surface area contributed by atoms with Crippen molar-refractivity contribution in [1.29, 1.82) is 0 Å². The first-order chi connectivity index (χ1) is 8.23. The van der Waals surface area contributed by atoms with E-state index in [0.29, 0.717) is 6.42 Å². The fraction of sp³-hybridized carbons (Fsp3) is 0.846. The number of nitrogens with one attached hydrogen (secondary N) is 1. The van der Waals surface area contributed by atoms with E-state index in [9.17, 15) is 9.59 Å². The summed E-state index contributed by atoms with van der Waals surface area (Å²) in [6.45, 7) is 1.85. The van der Waals surface area contributed by atoms with Gasteiger partial charge in [0.1, 0.15) is 0 Å². The second-order valence-corrected chi connectivity index (χ2v) is 5.71. The Hall–Kier alpha value is -0.900. The molecule has 0 bridgehead atoms. The highest BCUT2D eigenvalue weighted by Crippen LogP contribution is 2.47. The van der Waals surface area contributed by atoms with Crippen LogP contribution in [-0.4, -0.2) is 35.8 Å². The highest BCUT2D eigenvalue weighted by atomic mass is 16.2. The summed E-state index contributed by atoms with van der Waals surface area (Å²) in [5, 5.41) is 3.28. The van der Waals surface area contributed by atoms with Gasteiger partial charge in [0.2, 0.25) is 11.8 Å². The van der Waals surface area contributed by atoms with Crippen molar-refractivity contribution in [2.75, 3.05) is 13.1 Å². The maximum atomic E-state index is 12.5. The molecular weight excluding hydrogens is 216 g/mol. The Morgan fingerprint density at radius 3 is 2.41 bits per heavy atom. The van der Waals surface area contributed by atoms with E-state index in [1.165, 1.54) is 0 Å².